The summed E-state index contributed by atoms with van der Waals surface area (Å²) in [6.45, 7) is 2.96. The number of benzene rings is 2. The maximum absolute atomic E-state index is 12.2. The fourth-order valence-electron chi connectivity index (χ4n) is 2.89. The van der Waals surface area contributed by atoms with E-state index in [2.05, 4.69) is 9.88 Å². The fraction of sp³-hybridized carbons (Fsp3) is 0.300. The van der Waals surface area contributed by atoms with Crippen molar-refractivity contribution in [2.24, 2.45) is 0 Å². The third-order valence-electron chi connectivity index (χ3n) is 4.38. The summed E-state index contributed by atoms with van der Waals surface area (Å²) in [6.07, 6.45) is -0.790. The number of aromatic nitrogens is 1. The Bertz CT molecular complexity index is 938. The Morgan fingerprint density at radius 1 is 1.19 bits per heavy atom. The maximum Gasteiger partial charge on any atom is 0.347 e. The SMILES string of the molecule is COc1cccc2sc(N3CC(OC(=O)C(C)Oc4ccccc4)C3)nc12. The van der Waals surface area contributed by atoms with Gasteiger partial charge in [-0.05, 0) is 31.2 Å². The molecule has 3 aromatic rings. The van der Waals surface area contributed by atoms with Gasteiger partial charge in [-0.25, -0.2) is 9.78 Å². The highest BCUT2D eigenvalue weighted by Gasteiger charge is 2.33. The number of anilines is 1. The van der Waals surface area contributed by atoms with Gasteiger partial charge in [0.15, 0.2) is 11.2 Å². The van der Waals surface area contributed by atoms with Crippen molar-refractivity contribution in [3.63, 3.8) is 0 Å². The Kier molecular flexibility index (Phi) is 4.85. The van der Waals surface area contributed by atoms with Crippen LogP contribution in [0.2, 0.25) is 0 Å². The quantitative estimate of drug-likeness (QED) is 0.606. The first-order valence-electron chi connectivity index (χ1n) is 8.74. The van der Waals surface area contributed by atoms with E-state index in [0.717, 1.165) is 21.1 Å². The van der Waals surface area contributed by atoms with Gasteiger partial charge in [0.25, 0.3) is 0 Å². The first-order chi connectivity index (χ1) is 13.1. The maximum atomic E-state index is 12.2. The summed E-state index contributed by atoms with van der Waals surface area (Å²) in [5.41, 5.74) is 0.866. The predicted octanol–water partition coefficient (Wildman–Crippen LogP) is 3.50. The molecule has 0 saturated carbocycles. The summed E-state index contributed by atoms with van der Waals surface area (Å²) in [6, 6.07) is 15.1. The number of methoxy groups -OCH3 is 1. The van der Waals surface area contributed by atoms with Gasteiger partial charge in [0.2, 0.25) is 0 Å². The van der Waals surface area contributed by atoms with E-state index >= 15 is 0 Å². The molecule has 0 amide bonds. The lowest BCUT2D eigenvalue weighted by Crippen LogP contribution is -2.54. The third-order valence-corrected chi connectivity index (χ3v) is 5.46. The second kappa shape index (κ2) is 7.44. The Morgan fingerprint density at radius 2 is 1.96 bits per heavy atom. The number of esters is 1. The van der Waals surface area contributed by atoms with Crippen LogP contribution in [0.25, 0.3) is 10.2 Å². The molecule has 0 spiro atoms. The van der Waals surface area contributed by atoms with Crippen LogP contribution in [-0.2, 0) is 9.53 Å². The zero-order valence-electron chi connectivity index (χ0n) is 15.1. The van der Waals surface area contributed by atoms with Crippen molar-refractivity contribution in [1.82, 2.24) is 4.98 Å². The van der Waals surface area contributed by atoms with E-state index in [1.807, 2.05) is 48.5 Å². The smallest absolute Gasteiger partial charge is 0.347 e. The van der Waals surface area contributed by atoms with E-state index in [1.165, 1.54) is 0 Å². The first kappa shape index (κ1) is 17.6. The Balaban J connectivity index is 1.32. The minimum Gasteiger partial charge on any atom is -0.494 e. The summed E-state index contributed by atoms with van der Waals surface area (Å²) >= 11 is 1.61. The third kappa shape index (κ3) is 3.68. The van der Waals surface area contributed by atoms with Crippen molar-refractivity contribution in [1.29, 1.82) is 0 Å². The highest BCUT2D eigenvalue weighted by molar-refractivity contribution is 7.22. The number of rotatable bonds is 6. The zero-order chi connectivity index (χ0) is 18.8. The molecule has 0 N–H and O–H groups in total. The van der Waals surface area contributed by atoms with Gasteiger partial charge in [0.1, 0.15) is 23.1 Å². The highest BCUT2D eigenvalue weighted by Crippen LogP contribution is 2.35. The van der Waals surface area contributed by atoms with Crippen LogP contribution < -0.4 is 14.4 Å². The molecule has 140 valence electrons. The van der Waals surface area contributed by atoms with Gasteiger partial charge in [-0.2, -0.15) is 0 Å². The molecule has 1 fully saturated rings. The second-order valence-corrected chi connectivity index (χ2v) is 7.35. The molecule has 1 aliphatic heterocycles. The normalized spacial score (nSPS) is 15.3. The van der Waals surface area contributed by atoms with Crippen molar-refractivity contribution in [2.75, 3.05) is 25.1 Å². The number of para-hydroxylation sites is 2. The van der Waals surface area contributed by atoms with Crippen molar-refractivity contribution in [3.05, 3.63) is 48.5 Å². The molecule has 6 nitrogen and oxygen atoms in total. The van der Waals surface area contributed by atoms with Crippen LogP contribution in [0, 0.1) is 0 Å². The number of carbonyl (C=O) groups is 1. The van der Waals surface area contributed by atoms with Gasteiger partial charge in [-0.3, -0.25) is 0 Å². The molecule has 2 aromatic carbocycles. The second-order valence-electron chi connectivity index (χ2n) is 6.34. The molecule has 1 unspecified atom stereocenters. The van der Waals surface area contributed by atoms with E-state index in [9.17, 15) is 4.79 Å². The zero-order valence-corrected chi connectivity index (χ0v) is 15.9. The summed E-state index contributed by atoms with van der Waals surface area (Å²) in [7, 11) is 1.64. The molecule has 0 radical (unpaired) electrons. The molecule has 1 aromatic heterocycles. The minimum absolute atomic E-state index is 0.145. The van der Waals surface area contributed by atoms with Crippen LogP contribution in [0.5, 0.6) is 11.5 Å². The fourth-order valence-corrected chi connectivity index (χ4v) is 3.89. The molecule has 27 heavy (non-hydrogen) atoms. The molecule has 1 saturated heterocycles. The predicted molar refractivity (Wildman–Crippen MR) is 105 cm³/mol. The van der Waals surface area contributed by atoms with Gasteiger partial charge in [-0.15, -0.1) is 0 Å². The molecule has 4 rings (SSSR count). The lowest BCUT2D eigenvalue weighted by atomic mass is 10.2. The molecule has 0 aliphatic carbocycles. The average Bonchev–Trinajstić information content (AvgIpc) is 3.08. The lowest BCUT2D eigenvalue weighted by Gasteiger charge is -2.38. The lowest BCUT2D eigenvalue weighted by molar-refractivity contribution is -0.157. The molecular formula is C20H20N2O4S. The summed E-state index contributed by atoms with van der Waals surface area (Å²) in [4.78, 5) is 19.0. The van der Waals surface area contributed by atoms with Crippen LogP contribution in [0.3, 0.4) is 0 Å². The van der Waals surface area contributed by atoms with Crippen molar-refractivity contribution < 1.29 is 19.0 Å². The van der Waals surface area contributed by atoms with Gasteiger partial charge < -0.3 is 19.1 Å². The highest BCUT2D eigenvalue weighted by atomic mass is 32.1. The molecule has 1 aliphatic rings. The number of thiazole rings is 1. The van der Waals surface area contributed by atoms with E-state index in [4.69, 9.17) is 14.2 Å². The van der Waals surface area contributed by atoms with Crippen molar-refractivity contribution >= 4 is 32.7 Å². The summed E-state index contributed by atoms with van der Waals surface area (Å²) < 4.78 is 17.6. The number of hydrogen-bond donors (Lipinski definition) is 0. The summed E-state index contributed by atoms with van der Waals surface area (Å²) in [5.74, 6) is 1.07. The van der Waals surface area contributed by atoms with E-state index < -0.39 is 6.10 Å². The first-order valence-corrected chi connectivity index (χ1v) is 9.56. The largest absolute Gasteiger partial charge is 0.494 e. The number of hydrogen-bond acceptors (Lipinski definition) is 7. The van der Waals surface area contributed by atoms with E-state index in [1.54, 1.807) is 25.4 Å². The van der Waals surface area contributed by atoms with Crippen LogP contribution in [0.4, 0.5) is 5.13 Å². The van der Waals surface area contributed by atoms with Gasteiger partial charge >= 0.3 is 5.97 Å². The van der Waals surface area contributed by atoms with Gasteiger partial charge in [-0.1, -0.05) is 35.6 Å². The van der Waals surface area contributed by atoms with Crippen molar-refractivity contribution in [3.8, 4) is 11.5 Å². The average molecular weight is 384 g/mol. The molecule has 2 heterocycles. The minimum atomic E-state index is -0.645. The molecule has 1 atom stereocenters. The van der Waals surface area contributed by atoms with Gasteiger partial charge in [0.05, 0.1) is 24.9 Å². The molecular weight excluding hydrogens is 364 g/mol. The van der Waals surface area contributed by atoms with E-state index in [-0.39, 0.29) is 12.1 Å². The number of carbonyl (C=O) groups excluding carboxylic acids is 1. The van der Waals surface area contributed by atoms with E-state index in [0.29, 0.717) is 18.8 Å². The molecule has 0 bridgehead atoms. The van der Waals surface area contributed by atoms with Crippen LogP contribution in [-0.4, -0.2) is 43.4 Å². The Morgan fingerprint density at radius 3 is 2.70 bits per heavy atom. The Labute approximate surface area is 161 Å². The number of nitrogens with zero attached hydrogens (tertiary/aromatic N) is 2. The topological polar surface area (TPSA) is 60.9 Å². The number of ether oxygens (including phenoxy) is 3. The Hall–Kier alpha value is -2.80. The van der Waals surface area contributed by atoms with Crippen LogP contribution in [0.15, 0.2) is 48.5 Å². The van der Waals surface area contributed by atoms with Crippen LogP contribution in [0.1, 0.15) is 6.92 Å². The molecule has 7 heteroatoms. The van der Waals surface area contributed by atoms with Crippen LogP contribution >= 0.6 is 11.3 Å². The summed E-state index contributed by atoms with van der Waals surface area (Å²) in [5, 5.41) is 0.912. The van der Waals surface area contributed by atoms with Gasteiger partial charge in [0, 0.05) is 0 Å². The standard InChI is InChI=1S/C20H20N2O4S/c1-13(25-14-7-4-3-5-8-14)19(23)26-15-11-22(12-15)20-21-18-16(24-2)9-6-10-17(18)27-20/h3-10,13,15H,11-12H2,1-2H3. The van der Waals surface area contributed by atoms with Crippen molar-refractivity contribution in [2.45, 2.75) is 19.1 Å². The number of fused-ring (bicyclic) bond motifs is 1. The monoisotopic (exact) mass is 384 g/mol.